The lowest BCUT2D eigenvalue weighted by atomic mass is 10.3. The van der Waals surface area contributed by atoms with E-state index in [4.69, 9.17) is 0 Å². The Kier molecular flexibility index (Phi) is 5.72. The molecule has 0 heterocycles. The summed E-state index contributed by atoms with van der Waals surface area (Å²) in [5, 5.41) is 2.61. The first-order valence-electron chi connectivity index (χ1n) is 3.51. The quantitative estimate of drug-likeness (QED) is 0.346. The molecule has 0 aromatic rings. The van der Waals surface area contributed by atoms with E-state index in [1.807, 2.05) is 6.92 Å². The molecule has 3 heteroatoms. The summed E-state index contributed by atoms with van der Waals surface area (Å²) in [6, 6.07) is 0. The maximum absolute atomic E-state index is 10.6. The number of rotatable bonds is 5. The first-order valence-corrected chi connectivity index (χ1v) is 3.51. The molecule has 0 radical (unpaired) electrons. The van der Waals surface area contributed by atoms with E-state index in [1.54, 1.807) is 0 Å². The zero-order valence-electron chi connectivity index (χ0n) is 6.22. The van der Waals surface area contributed by atoms with Crippen LogP contribution in [0.15, 0.2) is 0 Å². The smallest absolute Gasteiger partial charge is 0.227 e. The fraction of sp³-hybridized carbons (Fsp3) is 0.714. The fourth-order valence-electron chi connectivity index (χ4n) is 0.552. The van der Waals surface area contributed by atoms with Crippen molar-refractivity contribution in [3.63, 3.8) is 0 Å². The van der Waals surface area contributed by atoms with Crippen LogP contribution in [0.25, 0.3) is 0 Å². The maximum Gasteiger partial charge on any atom is 0.227 e. The molecule has 0 spiro atoms. The van der Waals surface area contributed by atoms with Crippen molar-refractivity contribution in [3.8, 4) is 0 Å². The van der Waals surface area contributed by atoms with Crippen LogP contribution in [0.5, 0.6) is 0 Å². The van der Waals surface area contributed by atoms with Gasteiger partial charge >= 0.3 is 0 Å². The van der Waals surface area contributed by atoms with Crippen molar-refractivity contribution in [2.24, 2.45) is 0 Å². The highest BCUT2D eigenvalue weighted by Crippen LogP contribution is 1.82. The van der Waals surface area contributed by atoms with Crippen LogP contribution in [0.2, 0.25) is 0 Å². The minimum Gasteiger partial charge on any atom is -0.356 e. The third-order valence-electron chi connectivity index (χ3n) is 1.12. The monoisotopic (exact) mass is 143 g/mol. The van der Waals surface area contributed by atoms with Gasteiger partial charge in [0.05, 0.1) is 6.42 Å². The van der Waals surface area contributed by atoms with Gasteiger partial charge in [-0.15, -0.1) is 0 Å². The Hall–Kier alpha value is -0.860. The molecule has 10 heavy (non-hydrogen) atoms. The fourth-order valence-corrected chi connectivity index (χ4v) is 0.552. The molecule has 1 N–H and O–H groups in total. The number of carbonyl (C=O) groups is 2. The Morgan fingerprint density at radius 2 is 2.30 bits per heavy atom. The number of carbonyl (C=O) groups excluding carboxylic acids is 2. The molecular formula is C7H13NO2. The molecule has 0 saturated heterocycles. The van der Waals surface area contributed by atoms with Gasteiger partial charge in [0.25, 0.3) is 0 Å². The van der Waals surface area contributed by atoms with Crippen LogP contribution in [-0.2, 0) is 9.59 Å². The van der Waals surface area contributed by atoms with E-state index in [2.05, 4.69) is 5.32 Å². The van der Waals surface area contributed by atoms with Crippen molar-refractivity contribution >= 4 is 12.2 Å². The van der Waals surface area contributed by atoms with Crippen molar-refractivity contribution in [3.05, 3.63) is 0 Å². The molecule has 0 aromatic carbocycles. The number of unbranched alkanes of at least 4 members (excludes halogenated alkanes) is 1. The lowest BCUT2D eigenvalue weighted by molar-refractivity contribution is -0.123. The number of amides is 1. The largest absolute Gasteiger partial charge is 0.356 e. The van der Waals surface area contributed by atoms with E-state index in [1.165, 1.54) is 0 Å². The molecule has 0 aromatic heterocycles. The zero-order chi connectivity index (χ0) is 7.82. The molecular weight excluding hydrogens is 130 g/mol. The summed E-state index contributed by atoms with van der Waals surface area (Å²) in [6.45, 7) is 2.73. The highest BCUT2D eigenvalue weighted by molar-refractivity contribution is 5.87. The summed E-state index contributed by atoms with van der Waals surface area (Å²) in [6.07, 6.45) is 2.64. The molecule has 0 rings (SSSR count). The summed E-state index contributed by atoms with van der Waals surface area (Å²) in [5.41, 5.74) is 0. The van der Waals surface area contributed by atoms with Crippen molar-refractivity contribution in [1.29, 1.82) is 0 Å². The molecule has 0 fully saturated rings. The Bertz CT molecular complexity index is 112. The normalized spacial score (nSPS) is 8.90. The summed E-state index contributed by atoms with van der Waals surface area (Å²) < 4.78 is 0. The van der Waals surface area contributed by atoms with E-state index in [-0.39, 0.29) is 12.3 Å². The van der Waals surface area contributed by atoms with Gasteiger partial charge in [0.1, 0.15) is 6.29 Å². The average molecular weight is 143 g/mol. The van der Waals surface area contributed by atoms with Crippen LogP contribution >= 0.6 is 0 Å². The predicted octanol–water partition coefficient (Wildman–Crippen LogP) is 0.492. The van der Waals surface area contributed by atoms with Gasteiger partial charge in [-0.1, -0.05) is 13.3 Å². The zero-order valence-corrected chi connectivity index (χ0v) is 6.22. The van der Waals surface area contributed by atoms with Gasteiger partial charge in [-0.25, -0.2) is 0 Å². The molecule has 0 aliphatic carbocycles. The van der Waals surface area contributed by atoms with Crippen molar-refractivity contribution in [2.75, 3.05) is 6.54 Å². The van der Waals surface area contributed by atoms with Crippen LogP contribution < -0.4 is 5.32 Å². The second-order valence-corrected chi connectivity index (χ2v) is 2.07. The number of aldehydes is 1. The van der Waals surface area contributed by atoms with Gasteiger partial charge in [-0.2, -0.15) is 0 Å². The topological polar surface area (TPSA) is 46.2 Å². The Labute approximate surface area is 60.8 Å². The molecule has 0 aliphatic heterocycles. The van der Waals surface area contributed by atoms with Crippen LogP contribution in [0.4, 0.5) is 0 Å². The minimum absolute atomic E-state index is 0.0102. The van der Waals surface area contributed by atoms with Gasteiger partial charge in [0.15, 0.2) is 0 Å². The number of hydrogen-bond donors (Lipinski definition) is 1. The summed E-state index contributed by atoms with van der Waals surface area (Å²) >= 11 is 0. The van der Waals surface area contributed by atoms with E-state index in [0.29, 0.717) is 12.8 Å². The van der Waals surface area contributed by atoms with E-state index in [9.17, 15) is 9.59 Å². The second-order valence-electron chi connectivity index (χ2n) is 2.07. The lowest BCUT2D eigenvalue weighted by Gasteiger charge is -1.98. The Balaban J connectivity index is 3.13. The summed E-state index contributed by atoms with van der Waals surface area (Å²) in [7, 11) is 0. The van der Waals surface area contributed by atoms with Gasteiger partial charge in [0, 0.05) is 6.54 Å². The average Bonchev–Trinajstić information content (AvgIpc) is 1.89. The lowest BCUT2D eigenvalue weighted by Crippen LogP contribution is -2.24. The molecule has 3 nitrogen and oxygen atoms in total. The van der Waals surface area contributed by atoms with Crippen molar-refractivity contribution < 1.29 is 9.59 Å². The van der Waals surface area contributed by atoms with E-state index >= 15 is 0 Å². The molecule has 0 unspecified atom stereocenters. The van der Waals surface area contributed by atoms with Crippen LogP contribution in [0.1, 0.15) is 26.2 Å². The Morgan fingerprint density at radius 3 is 2.80 bits per heavy atom. The van der Waals surface area contributed by atoms with Crippen molar-refractivity contribution in [1.82, 2.24) is 5.32 Å². The van der Waals surface area contributed by atoms with Gasteiger partial charge in [-0.05, 0) is 6.42 Å². The predicted molar refractivity (Wildman–Crippen MR) is 38.6 cm³/mol. The molecule has 0 bridgehead atoms. The second kappa shape index (κ2) is 6.26. The van der Waals surface area contributed by atoms with E-state index in [0.717, 1.165) is 12.8 Å². The highest BCUT2D eigenvalue weighted by atomic mass is 16.2. The molecule has 1 amide bonds. The first-order chi connectivity index (χ1) is 4.81. The highest BCUT2D eigenvalue weighted by Gasteiger charge is 1.95. The van der Waals surface area contributed by atoms with Crippen LogP contribution in [0, 0.1) is 0 Å². The number of hydrogen-bond acceptors (Lipinski definition) is 2. The molecule has 0 saturated carbocycles. The SMILES string of the molecule is CCCCNC(=O)CC=O. The van der Waals surface area contributed by atoms with Crippen LogP contribution in [0.3, 0.4) is 0 Å². The first kappa shape index (κ1) is 9.14. The minimum atomic E-state index is -0.177. The van der Waals surface area contributed by atoms with Gasteiger partial charge in [0.2, 0.25) is 5.91 Å². The number of nitrogens with one attached hydrogen (secondary N) is 1. The third-order valence-corrected chi connectivity index (χ3v) is 1.12. The standard InChI is InChI=1S/C7H13NO2/c1-2-3-5-8-7(10)4-6-9/h6H,2-5H2,1H3,(H,8,10). The van der Waals surface area contributed by atoms with Crippen LogP contribution in [-0.4, -0.2) is 18.7 Å². The summed E-state index contributed by atoms with van der Waals surface area (Å²) in [5.74, 6) is -0.177. The van der Waals surface area contributed by atoms with E-state index < -0.39 is 0 Å². The van der Waals surface area contributed by atoms with Gasteiger partial charge < -0.3 is 10.1 Å². The van der Waals surface area contributed by atoms with Crippen molar-refractivity contribution in [2.45, 2.75) is 26.2 Å². The summed E-state index contributed by atoms with van der Waals surface area (Å²) in [4.78, 5) is 20.4. The maximum atomic E-state index is 10.6. The molecule has 58 valence electrons. The molecule has 0 aliphatic rings. The Morgan fingerprint density at radius 1 is 1.60 bits per heavy atom. The molecule has 0 atom stereocenters. The van der Waals surface area contributed by atoms with Gasteiger partial charge in [-0.3, -0.25) is 4.79 Å². The third kappa shape index (κ3) is 5.28.